The summed E-state index contributed by atoms with van der Waals surface area (Å²) in [5.74, 6) is 0. The molecule has 0 bridgehead atoms. The van der Waals surface area contributed by atoms with Gasteiger partial charge >= 0.3 is 187 Å². The Morgan fingerprint density at radius 1 is 0.373 bits per heavy atom. The zero-order chi connectivity index (χ0) is 33.7. The molecule has 0 atom stereocenters. The Morgan fingerprint density at radius 3 is 1.84 bits per heavy atom. The van der Waals surface area contributed by atoms with Crippen LogP contribution in [-0.2, 0) is 0 Å². The quantitative estimate of drug-likeness (QED) is 0.156. The Balaban J connectivity index is 1.15. The number of fused-ring (bicyclic) bond motifs is 6. The third-order valence-electron chi connectivity index (χ3n) is 9.99. The van der Waals surface area contributed by atoms with Gasteiger partial charge < -0.3 is 4.57 Å². The predicted octanol–water partition coefficient (Wildman–Crippen LogP) is 13.0. The summed E-state index contributed by atoms with van der Waals surface area (Å²) in [7, 11) is 0. The summed E-state index contributed by atoms with van der Waals surface area (Å²) >= 11 is 0.370. The van der Waals surface area contributed by atoms with E-state index in [2.05, 4.69) is 204 Å². The maximum Gasteiger partial charge on any atom is 0.0541 e. The molecule has 0 unspecified atom stereocenters. The fraction of sp³-hybridized carbons (Fsp3) is 0. The monoisotopic (exact) mass is 716 g/mol. The number of aromatic nitrogens is 1. The summed E-state index contributed by atoms with van der Waals surface area (Å²) in [5.41, 5.74) is 11.8. The summed E-state index contributed by atoms with van der Waals surface area (Å²) in [5, 5.41) is 5.24. The number of anilines is 3. The zero-order valence-electron chi connectivity index (χ0n) is 27.8. The first-order valence-electron chi connectivity index (χ1n) is 17.4. The molecular weight excluding hydrogens is 684 g/mol. The molecule has 8 aromatic carbocycles. The van der Waals surface area contributed by atoms with Gasteiger partial charge in [0.1, 0.15) is 0 Å². The van der Waals surface area contributed by atoms with Gasteiger partial charge in [0, 0.05) is 11.1 Å². The second-order valence-corrected chi connectivity index (χ2v) is 15.2. The molecular formula is C48H32N2Se. The first-order chi connectivity index (χ1) is 25.3. The molecule has 0 aliphatic carbocycles. The van der Waals surface area contributed by atoms with Crippen LogP contribution in [0.25, 0.3) is 69.0 Å². The van der Waals surface area contributed by atoms with Crippen LogP contribution >= 0.6 is 0 Å². The standard InChI is InChI=1S/C48H32N2Se/c1-3-13-34(14-4-1)39-17-7-10-20-44(39)49(37-26-23-33(24-27-37)35-25-30-48-43(31-35)41-19-9-12-22-47(41)51-48)38-28-29-46-42(32-38)40-18-8-11-21-45(40)50(46)36-15-5-2-6-16-36/h1-32H. The molecule has 2 heterocycles. The average molecular weight is 716 g/mol. The second kappa shape index (κ2) is 12.3. The third kappa shape index (κ3) is 5.10. The summed E-state index contributed by atoms with van der Waals surface area (Å²) in [6.45, 7) is 0. The number of hydrogen-bond acceptors (Lipinski definition) is 1. The van der Waals surface area contributed by atoms with Gasteiger partial charge in [0.25, 0.3) is 0 Å². The molecule has 2 aromatic heterocycles. The molecule has 3 heteroatoms. The fourth-order valence-electron chi connectivity index (χ4n) is 7.62. The minimum absolute atomic E-state index is 0.370. The van der Waals surface area contributed by atoms with Crippen molar-refractivity contribution in [2.75, 3.05) is 4.90 Å². The van der Waals surface area contributed by atoms with Crippen molar-refractivity contribution in [2.24, 2.45) is 0 Å². The molecule has 240 valence electrons. The van der Waals surface area contributed by atoms with Crippen LogP contribution in [0.2, 0.25) is 0 Å². The van der Waals surface area contributed by atoms with Gasteiger partial charge in [-0.05, 0) is 18.2 Å². The number of benzene rings is 8. The van der Waals surface area contributed by atoms with Gasteiger partial charge in [0.15, 0.2) is 0 Å². The third-order valence-corrected chi connectivity index (χ3v) is 12.4. The van der Waals surface area contributed by atoms with E-state index >= 15 is 0 Å². The van der Waals surface area contributed by atoms with E-state index < -0.39 is 0 Å². The van der Waals surface area contributed by atoms with Crippen LogP contribution in [0.1, 0.15) is 0 Å². The topological polar surface area (TPSA) is 8.17 Å². The van der Waals surface area contributed by atoms with Crippen molar-refractivity contribution in [3.63, 3.8) is 0 Å². The van der Waals surface area contributed by atoms with Crippen molar-refractivity contribution in [1.29, 1.82) is 0 Å². The van der Waals surface area contributed by atoms with E-state index in [1.54, 1.807) is 0 Å². The minimum atomic E-state index is 0.370. The van der Waals surface area contributed by atoms with E-state index in [1.165, 1.54) is 63.4 Å². The molecule has 0 saturated heterocycles. The van der Waals surface area contributed by atoms with Crippen molar-refractivity contribution in [1.82, 2.24) is 4.57 Å². The number of nitrogens with zero attached hydrogens (tertiary/aromatic N) is 2. The Kier molecular flexibility index (Phi) is 7.20. The molecule has 10 rings (SSSR count). The largest absolute Gasteiger partial charge is 0.309 e. The molecule has 0 spiro atoms. The smallest absolute Gasteiger partial charge is 0.0541 e. The van der Waals surface area contributed by atoms with Crippen molar-refractivity contribution >= 4 is 72.7 Å². The molecule has 0 amide bonds. The fourth-order valence-corrected chi connectivity index (χ4v) is 9.90. The van der Waals surface area contributed by atoms with Gasteiger partial charge in [0.05, 0.1) is 11.0 Å². The number of para-hydroxylation sites is 3. The Hall–Kier alpha value is -6.12. The molecule has 0 N–H and O–H groups in total. The van der Waals surface area contributed by atoms with Gasteiger partial charge in [0.2, 0.25) is 0 Å². The maximum absolute atomic E-state index is 2.42. The van der Waals surface area contributed by atoms with Crippen LogP contribution in [-0.4, -0.2) is 19.1 Å². The molecule has 0 radical (unpaired) electrons. The predicted molar refractivity (Wildman–Crippen MR) is 218 cm³/mol. The summed E-state index contributed by atoms with van der Waals surface area (Å²) in [4.78, 5) is 2.42. The minimum Gasteiger partial charge on any atom is -0.309 e. The number of hydrogen-bond donors (Lipinski definition) is 0. The maximum atomic E-state index is 2.42. The van der Waals surface area contributed by atoms with Crippen LogP contribution in [0.5, 0.6) is 0 Å². The van der Waals surface area contributed by atoms with Gasteiger partial charge in [-0.2, -0.15) is 0 Å². The van der Waals surface area contributed by atoms with Gasteiger partial charge in [-0.15, -0.1) is 0 Å². The molecule has 0 saturated carbocycles. The number of rotatable bonds is 6. The summed E-state index contributed by atoms with van der Waals surface area (Å²) in [6.07, 6.45) is 0. The van der Waals surface area contributed by atoms with Gasteiger partial charge in [-0.3, -0.25) is 0 Å². The Labute approximate surface area is 302 Å². The Morgan fingerprint density at radius 2 is 1.00 bits per heavy atom. The van der Waals surface area contributed by atoms with Crippen LogP contribution in [0.3, 0.4) is 0 Å². The van der Waals surface area contributed by atoms with Crippen LogP contribution in [0, 0.1) is 0 Å². The second-order valence-electron chi connectivity index (χ2n) is 13.0. The van der Waals surface area contributed by atoms with E-state index in [-0.39, 0.29) is 0 Å². The van der Waals surface area contributed by atoms with E-state index in [9.17, 15) is 0 Å². The summed E-state index contributed by atoms with van der Waals surface area (Å²) in [6, 6.07) is 70.8. The molecule has 0 aliphatic heterocycles. The van der Waals surface area contributed by atoms with E-state index in [4.69, 9.17) is 0 Å². The SMILES string of the molecule is c1ccc(-c2ccccc2N(c2ccc(-c3ccc4[se]c5ccccc5c4c3)cc2)c2ccc3c(c2)c2ccccc2n3-c2ccccc2)cc1. The Bertz CT molecular complexity index is 2850. The first kappa shape index (κ1) is 29.8. The normalized spacial score (nSPS) is 11.5. The van der Waals surface area contributed by atoms with E-state index in [0.717, 1.165) is 22.7 Å². The van der Waals surface area contributed by atoms with Crippen molar-refractivity contribution in [2.45, 2.75) is 0 Å². The molecule has 0 aliphatic rings. The van der Waals surface area contributed by atoms with Crippen molar-refractivity contribution < 1.29 is 0 Å². The average Bonchev–Trinajstić information content (AvgIpc) is 3.74. The first-order valence-corrected chi connectivity index (χ1v) is 19.1. The molecule has 51 heavy (non-hydrogen) atoms. The molecule has 0 fully saturated rings. The van der Waals surface area contributed by atoms with E-state index in [0.29, 0.717) is 14.5 Å². The zero-order valence-corrected chi connectivity index (χ0v) is 29.5. The molecule has 2 nitrogen and oxygen atoms in total. The van der Waals surface area contributed by atoms with Crippen LogP contribution < -0.4 is 4.90 Å². The summed E-state index contributed by atoms with van der Waals surface area (Å²) < 4.78 is 5.32. The van der Waals surface area contributed by atoms with Crippen LogP contribution in [0.4, 0.5) is 17.1 Å². The van der Waals surface area contributed by atoms with Gasteiger partial charge in [-0.1, -0.05) is 72.8 Å². The van der Waals surface area contributed by atoms with Gasteiger partial charge in [-0.25, -0.2) is 0 Å². The molecule has 10 aromatic rings. The van der Waals surface area contributed by atoms with E-state index in [1.807, 2.05) is 0 Å². The van der Waals surface area contributed by atoms with Crippen molar-refractivity contribution in [3.8, 4) is 27.9 Å². The van der Waals surface area contributed by atoms with Crippen molar-refractivity contribution in [3.05, 3.63) is 194 Å². The van der Waals surface area contributed by atoms with Crippen LogP contribution in [0.15, 0.2) is 194 Å².